The first-order chi connectivity index (χ1) is 12.5. The standard InChI is InChI=1S/C16HF11/c17-3-1-2(7(18)13(24)8(3)19)4-5-6(11(22)14(25)9(4)20)12(23)16(27)15(26)10(5)21/h1H. The van der Waals surface area contributed by atoms with Crippen LogP contribution in [0.4, 0.5) is 48.3 Å². The van der Waals surface area contributed by atoms with Gasteiger partial charge in [-0.25, -0.2) is 48.3 Å². The summed E-state index contributed by atoms with van der Waals surface area (Å²) in [5.41, 5.74) is -3.60. The molecule has 0 fully saturated rings. The molecule has 0 amide bonds. The number of rotatable bonds is 1. The van der Waals surface area contributed by atoms with Crippen molar-refractivity contribution < 1.29 is 48.3 Å². The van der Waals surface area contributed by atoms with E-state index < -0.39 is 85.9 Å². The Morgan fingerprint density at radius 2 is 0.778 bits per heavy atom. The highest BCUT2D eigenvalue weighted by Crippen LogP contribution is 2.41. The SMILES string of the molecule is Fc1cc(-c2c(F)c(F)c(F)c3c(F)c(F)c(F)c(F)c23)c(F)c(F)c1F. The van der Waals surface area contributed by atoms with E-state index in [0.29, 0.717) is 0 Å². The number of benzene rings is 3. The van der Waals surface area contributed by atoms with Gasteiger partial charge in [0.2, 0.25) is 0 Å². The molecule has 0 unspecified atom stereocenters. The lowest BCUT2D eigenvalue weighted by Gasteiger charge is -2.14. The zero-order valence-electron chi connectivity index (χ0n) is 12.2. The lowest BCUT2D eigenvalue weighted by Crippen LogP contribution is -2.08. The van der Waals surface area contributed by atoms with E-state index in [0.717, 1.165) is 0 Å². The lowest BCUT2D eigenvalue weighted by atomic mass is 9.95. The number of hydrogen-bond donors (Lipinski definition) is 0. The summed E-state index contributed by atoms with van der Waals surface area (Å²) in [6, 6.07) is -0.276. The minimum absolute atomic E-state index is 0.276. The van der Waals surface area contributed by atoms with Crippen molar-refractivity contribution in [3.63, 3.8) is 0 Å². The van der Waals surface area contributed by atoms with E-state index in [1.54, 1.807) is 0 Å². The van der Waals surface area contributed by atoms with Crippen LogP contribution in [0.15, 0.2) is 6.07 Å². The number of hydrogen-bond acceptors (Lipinski definition) is 0. The monoisotopic (exact) mass is 402 g/mol. The Labute approximate surface area is 141 Å². The highest BCUT2D eigenvalue weighted by molar-refractivity contribution is 5.98. The maximum atomic E-state index is 14.1. The quantitative estimate of drug-likeness (QED) is 0.265. The molecule has 11 heteroatoms. The van der Waals surface area contributed by atoms with Crippen LogP contribution >= 0.6 is 0 Å². The minimum Gasteiger partial charge on any atom is -0.204 e. The van der Waals surface area contributed by atoms with Crippen molar-refractivity contribution in [2.75, 3.05) is 0 Å². The molecule has 0 saturated heterocycles. The molecule has 0 radical (unpaired) electrons. The summed E-state index contributed by atoms with van der Waals surface area (Å²) < 4.78 is 150. The van der Waals surface area contributed by atoms with Gasteiger partial charge in [0.1, 0.15) is 0 Å². The van der Waals surface area contributed by atoms with Crippen molar-refractivity contribution in [3.05, 3.63) is 70.1 Å². The van der Waals surface area contributed by atoms with E-state index in [-0.39, 0.29) is 6.07 Å². The topological polar surface area (TPSA) is 0 Å². The molecule has 0 heterocycles. The summed E-state index contributed by atoms with van der Waals surface area (Å²) in [4.78, 5) is 0. The second-order valence-electron chi connectivity index (χ2n) is 5.17. The van der Waals surface area contributed by atoms with Gasteiger partial charge in [0.25, 0.3) is 0 Å². The average Bonchev–Trinajstić information content (AvgIpc) is 2.64. The van der Waals surface area contributed by atoms with Gasteiger partial charge in [0, 0.05) is 16.5 Å². The van der Waals surface area contributed by atoms with Gasteiger partial charge in [-0.15, -0.1) is 0 Å². The number of halogens is 11. The maximum Gasteiger partial charge on any atom is 0.198 e. The molecule has 3 rings (SSSR count). The molecule has 3 aromatic carbocycles. The predicted octanol–water partition coefficient (Wildman–Crippen LogP) is 6.04. The molecule has 3 aromatic rings. The van der Waals surface area contributed by atoms with E-state index >= 15 is 0 Å². The van der Waals surface area contributed by atoms with Crippen LogP contribution in [-0.2, 0) is 0 Å². The second kappa shape index (κ2) is 6.10. The van der Waals surface area contributed by atoms with Gasteiger partial charge in [-0.05, 0) is 6.07 Å². The van der Waals surface area contributed by atoms with Gasteiger partial charge in [-0.2, -0.15) is 0 Å². The molecule has 0 aromatic heterocycles. The first kappa shape index (κ1) is 18.9. The normalized spacial score (nSPS) is 11.5. The average molecular weight is 402 g/mol. The fourth-order valence-electron chi connectivity index (χ4n) is 2.51. The Morgan fingerprint density at radius 1 is 0.370 bits per heavy atom. The fraction of sp³-hybridized carbons (Fsp3) is 0. The summed E-state index contributed by atoms with van der Waals surface area (Å²) in [7, 11) is 0. The summed E-state index contributed by atoms with van der Waals surface area (Å²) in [5, 5.41) is -3.86. The summed E-state index contributed by atoms with van der Waals surface area (Å²) >= 11 is 0. The van der Waals surface area contributed by atoms with Crippen LogP contribution in [0.2, 0.25) is 0 Å². The van der Waals surface area contributed by atoms with Gasteiger partial charge in [0.05, 0.1) is 5.39 Å². The van der Waals surface area contributed by atoms with Crippen molar-refractivity contribution in [2.24, 2.45) is 0 Å². The summed E-state index contributed by atoms with van der Waals surface area (Å²) in [6.07, 6.45) is 0. The van der Waals surface area contributed by atoms with Crippen LogP contribution in [0.1, 0.15) is 0 Å². The fourth-order valence-corrected chi connectivity index (χ4v) is 2.51. The van der Waals surface area contributed by atoms with Gasteiger partial charge in [-0.1, -0.05) is 0 Å². The van der Waals surface area contributed by atoms with E-state index in [2.05, 4.69) is 0 Å². The predicted molar refractivity (Wildman–Crippen MR) is 68.9 cm³/mol. The van der Waals surface area contributed by atoms with Gasteiger partial charge in [-0.3, -0.25) is 0 Å². The largest absolute Gasteiger partial charge is 0.204 e. The molecule has 27 heavy (non-hydrogen) atoms. The molecule has 0 bridgehead atoms. The van der Waals surface area contributed by atoms with E-state index in [9.17, 15) is 48.3 Å². The zero-order chi connectivity index (χ0) is 20.4. The molecule has 0 aliphatic carbocycles. The van der Waals surface area contributed by atoms with E-state index in [1.165, 1.54) is 0 Å². The van der Waals surface area contributed by atoms with Crippen LogP contribution in [0.5, 0.6) is 0 Å². The lowest BCUT2D eigenvalue weighted by molar-refractivity contribution is 0.407. The van der Waals surface area contributed by atoms with Crippen molar-refractivity contribution in [2.45, 2.75) is 0 Å². The Hall–Kier alpha value is -2.85. The molecule has 0 nitrogen and oxygen atoms in total. The molecule has 0 spiro atoms. The highest BCUT2D eigenvalue weighted by Gasteiger charge is 2.33. The minimum atomic E-state index is -2.62. The third-order valence-electron chi connectivity index (χ3n) is 3.71. The van der Waals surface area contributed by atoms with Crippen LogP contribution < -0.4 is 0 Å². The third-order valence-corrected chi connectivity index (χ3v) is 3.71. The van der Waals surface area contributed by atoms with Crippen LogP contribution in [-0.4, -0.2) is 0 Å². The van der Waals surface area contributed by atoms with E-state index in [1.807, 2.05) is 0 Å². The van der Waals surface area contributed by atoms with Crippen LogP contribution in [0.3, 0.4) is 0 Å². The molecule has 0 aliphatic rings. The Bertz CT molecular complexity index is 1130. The third kappa shape index (κ3) is 2.44. The highest BCUT2D eigenvalue weighted by atomic mass is 19.2. The smallest absolute Gasteiger partial charge is 0.198 e. The molecule has 0 saturated carbocycles. The summed E-state index contributed by atoms with van der Waals surface area (Å²) in [5.74, 6) is -27.3. The molecule has 0 atom stereocenters. The molecule has 0 N–H and O–H groups in total. The first-order valence-corrected chi connectivity index (χ1v) is 6.66. The Morgan fingerprint density at radius 3 is 1.30 bits per heavy atom. The van der Waals surface area contributed by atoms with E-state index in [4.69, 9.17) is 0 Å². The molecule has 0 aliphatic heterocycles. The van der Waals surface area contributed by atoms with Crippen molar-refractivity contribution in [1.29, 1.82) is 0 Å². The van der Waals surface area contributed by atoms with Crippen LogP contribution in [0, 0.1) is 64.0 Å². The zero-order valence-corrected chi connectivity index (χ0v) is 12.2. The molecular formula is C16HF11. The second-order valence-corrected chi connectivity index (χ2v) is 5.17. The first-order valence-electron chi connectivity index (χ1n) is 6.66. The maximum absolute atomic E-state index is 14.1. The Balaban J connectivity index is 2.68. The van der Waals surface area contributed by atoms with Gasteiger partial charge in [0.15, 0.2) is 64.0 Å². The van der Waals surface area contributed by atoms with Gasteiger partial charge < -0.3 is 0 Å². The van der Waals surface area contributed by atoms with Gasteiger partial charge >= 0.3 is 0 Å². The number of fused-ring (bicyclic) bond motifs is 1. The van der Waals surface area contributed by atoms with Crippen molar-refractivity contribution >= 4 is 10.8 Å². The molecule has 142 valence electrons. The molecular weight excluding hydrogens is 401 g/mol. The Kier molecular flexibility index (Phi) is 4.28. The van der Waals surface area contributed by atoms with Crippen LogP contribution in [0.25, 0.3) is 21.9 Å². The van der Waals surface area contributed by atoms with Crippen molar-refractivity contribution in [3.8, 4) is 11.1 Å². The van der Waals surface area contributed by atoms with Crippen molar-refractivity contribution in [1.82, 2.24) is 0 Å². The summed E-state index contributed by atoms with van der Waals surface area (Å²) in [6.45, 7) is 0.